The first-order valence-corrected chi connectivity index (χ1v) is 4.38. The molecule has 0 aliphatic rings. The van der Waals surface area contributed by atoms with Gasteiger partial charge < -0.3 is 38.5 Å². The Balaban J connectivity index is -0.0000000457. The average Bonchev–Trinajstić information content (AvgIpc) is 1.12. The molecule has 0 aromatic carbocycles. The Bertz CT molecular complexity index is 129. The van der Waals surface area contributed by atoms with Crippen LogP contribution in [0, 0.1) is 0 Å². The molecule has 0 aliphatic carbocycles. The van der Waals surface area contributed by atoms with E-state index in [0.29, 0.717) is 0 Å². The maximum atomic E-state index is 8.55. The van der Waals surface area contributed by atoms with Gasteiger partial charge in [0.1, 0.15) is 0 Å². The molecule has 0 fully saturated rings. The normalized spacial score (nSPS) is 9.83. The van der Waals surface area contributed by atoms with Gasteiger partial charge in [0.2, 0.25) is 0 Å². The Morgan fingerprint density at radius 2 is 0.667 bits per heavy atom. The molecule has 8 nitrogen and oxygen atoms in total. The second-order valence-corrected chi connectivity index (χ2v) is 2.68. The van der Waals surface area contributed by atoms with Crippen LogP contribution in [0.1, 0.15) is 0 Å². The molecule has 0 radical (unpaired) electrons. The molecule has 0 aromatic heterocycles. The third-order valence-corrected chi connectivity index (χ3v) is 0. The Labute approximate surface area is 94.9 Å². The van der Waals surface area contributed by atoms with Crippen molar-refractivity contribution in [1.29, 1.82) is 0 Å². The molecule has 0 N–H and O–H groups in total. The van der Waals surface area contributed by atoms with Crippen molar-refractivity contribution in [3.63, 3.8) is 0 Å². The van der Waals surface area contributed by atoms with E-state index in [-0.39, 0.29) is 41.0 Å². The summed E-state index contributed by atoms with van der Waals surface area (Å²) in [6, 6.07) is 0. The van der Waals surface area contributed by atoms with Gasteiger partial charge in [0.25, 0.3) is 0 Å². The van der Waals surface area contributed by atoms with E-state index in [2.05, 4.69) is 0 Å². The van der Waals surface area contributed by atoms with Crippen molar-refractivity contribution < 1.29 is 55.6 Å². The fourth-order valence-corrected chi connectivity index (χ4v) is 0. The first kappa shape index (κ1) is 23.4. The van der Waals surface area contributed by atoms with E-state index in [1.807, 2.05) is 0 Å². The summed E-state index contributed by atoms with van der Waals surface area (Å²) in [6.45, 7) is 0. The van der Waals surface area contributed by atoms with Crippen LogP contribution >= 0.6 is 15.6 Å². The standard InChI is InChI=1S/Fe.2H3O4P.Sn/c;2*1-5(2,3)4;/h;2*(H3,1,2,3,4);/q+2;;;+4/p-6. The van der Waals surface area contributed by atoms with Gasteiger partial charge in [-0.15, -0.1) is 0 Å². The van der Waals surface area contributed by atoms with Gasteiger partial charge in [0.15, 0.2) is 0 Å². The van der Waals surface area contributed by atoms with Crippen LogP contribution in [0.15, 0.2) is 0 Å². The minimum Gasteiger partial charge on any atom is -0.822 e. The summed E-state index contributed by atoms with van der Waals surface area (Å²) in [5.74, 6) is 0. The smallest absolute Gasteiger partial charge is 0.822 e. The predicted molar refractivity (Wildman–Crippen MR) is 21.0 cm³/mol. The molecular weight excluding hydrogens is 364 g/mol. The number of phosphoric acid groups is 2. The molecule has 0 spiro atoms. The Morgan fingerprint density at radius 1 is 0.667 bits per heavy atom. The molecule has 0 aliphatic heterocycles. The molecule has 0 saturated heterocycles. The molecule has 12 heteroatoms. The van der Waals surface area contributed by atoms with E-state index in [4.69, 9.17) is 38.5 Å². The maximum absolute atomic E-state index is 8.55. The molecule has 0 bridgehead atoms. The van der Waals surface area contributed by atoms with Crippen LogP contribution in [0.3, 0.4) is 0 Å². The van der Waals surface area contributed by atoms with E-state index < -0.39 is 15.6 Å². The van der Waals surface area contributed by atoms with Crippen molar-refractivity contribution in [2.24, 2.45) is 0 Å². The molecular formula is FeO8P2Sn. The second kappa shape index (κ2) is 9.11. The SMILES string of the molecule is O=P([O-])([O-])[O-].O=P([O-])([O-])[O-].[Fe+2].[Sn+4]. The summed E-state index contributed by atoms with van der Waals surface area (Å²) in [5.41, 5.74) is 0. The number of hydrogen-bond donors (Lipinski definition) is 0. The van der Waals surface area contributed by atoms with E-state index in [0.717, 1.165) is 0 Å². The van der Waals surface area contributed by atoms with Crippen molar-refractivity contribution in [2.75, 3.05) is 0 Å². The minimum absolute atomic E-state index is 0. The molecule has 0 rings (SSSR count). The van der Waals surface area contributed by atoms with E-state index >= 15 is 0 Å². The summed E-state index contributed by atoms with van der Waals surface area (Å²) in [4.78, 5) is 51.3. The van der Waals surface area contributed by atoms with Crippen LogP contribution in [-0.2, 0) is 26.2 Å². The molecule has 0 atom stereocenters. The van der Waals surface area contributed by atoms with Gasteiger partial charge in [-0.05, 0) is 0 Å². The zero-order valence-corrected chi connectivity index (χ0v) is 10.8. The molecule has 12 heavy (non-hydrogen) atoms. The zero-order chi connectivity index (χ0) is 9.00. The molecule has 0 amide bonds. The number of hydrogen-bond acceptors (Lipinski definition) is 8. The monoisotopic (exact) mass is 366 g/mol. The second-order valence-electron chi connectivity index (χ2n) is 0.894. The van der Waals surface area contributed by atoms with Crippen LogP contribution in [0.5, 0.6) is 0 Å². The van der Waals surface area contributed by atoms with Crippen LogP contribution in [0.4, 0.5) is 0 Å². The van der Waals surface area contributed by atoms with E-state index in [1.165, 1.54) is 0 Å². The van der Waals surface area contributed by atoms with Crippen LogP contribution in [0.25, 0.3) is 0 Å². The summed E-state index contributed by atoms with van der Waals surface area (Å²) < 4.78 is 17.1. The first-order valence-electron chi connectivity index (χ1n) is 1.46. The van der Waals surface area contributed by atoms with Gasteiger partial charge in [-0.25, -0.2) is 0 Å². The van der Waals surface area contributed by atoms with Crippen molar-refractivity contribution >= 4 is 39.6 Å². The minimum atomic E-state index is -5.39. The molecule has 0 aromatic rings. The van der Waals surface area contributed by atoms with Gasteiger partial charge in [-0.3, -0.25) is 0 Å². The largest absolute Gasteiger partial charge is 4.00 e. The first-order chi connectivity index (χ1) is 4.00. The fourth-order valence-electron chi connectivity index (χ4n) is 0. The van der Waals surface area contributed by atoms with Crippen LogP contribution < -0.4 is 29.4 Å². The fraction of sp³-hybridized carbons (Fsp3) is 0. The van der Waals surface area contributed by atoms with Crippen molar-refractivity contribution in [3.05, 3.63) is 0 Å². The average molecular weight is 364 g/mol. The zero-order valence-electron chi connectivity index (χ0n) is 5.01. The van der Waals surface area contributed by atoms with Gasteiger partial charge >= 0.3 is 41.0 Å². The number of rotatable bonds is 0. The van der Waals surface area contributed by atoms with E-state index in [9.17, 15) is 0 Å². The Hall–Kier alpha value is 1.54. The van der Waals surface area contributed by atoms with Crippen LogP contribution in [0.2, 0.25) is 0 Å². The molecule has 0 unspecified atom stereocenters. The summed E-state index contributed by atoms with van der Waals surface area (Å²) >= 11 is 0. The molecule has 0 heterocycles. The van der Waals surface area contributed by atoms with Crippen molar-refractivity contribution in [2.45, 2.75) is 0 Å². The summed E-state index contributed by atoms with van der Waals surface area (Å²) in [6.07, 6.45) is 0. The third kappa shape index (κ3) is 542. The van der Waals surface area contributed by atoms with Gasteiger partial charge in [-0.2, -0.15) is 15.6 Å². The topological polar surface area (TPSA) is 172 Å². The predicted octanol–water partition coefficient (Wildman–Crippen LogP) is -6.03. The van der Waals surface area contributed by atoms with Crippen LogP contribution in [-0.4, -0.2) is 23.9 Å². The third-order valence-electron chi connectivity index (χ3n) is 0. The van der Waals surface area contributed by atoms with Gasteiger partial charge in [0, 0.05) is 0 Å². The summed E-state index contributed by atoms with van der Waals surface area (Å²) in [5, 5.41) is 0. The Kier molecular flexibility index (Phi) is 17.8. The molecule has 70 valence electrons. The summed E-state index contributed by atoms with van der Waals surface area (Å²) in [7, 11) is -10.8. The quantitative estimate of drug-likeness (QED) is 0.301. The van der Waals surface area contributed by atoms with Crippen molar-refractivity contribution in [3.8, 4) is 0 Å². The van der Waals surface area contributed by atoms with E-state index in [1.54, 1.807) is 0 Å². The Morgan fingerprint density at radius 3 is 0.667 bits per heavy atom. The van der Waals surface area contributed by atoms with Crippen molar-refractivity contribution in [1.82, 2.24) is 0 Å². The van der Waals surface area contributed by atoms with Gasteiger partial charge in [-0.1, -0.05) is 0 Å². The molecule has 0 saturated carbocycles. The van der Waals surface area contributed by atoms with Gasteiger partial charge in [0.05, 0.1) is 0 Å². The maximum Gasteiger partial charge on any atom is 4.00 e.